The summed E-state index contributed by atoms with van der Waals surface area (Å²) in [6.07, 6.45) is 1.40. The number of para-hydroxylation sites is 1. The van der Waals surface area contributed by atoms with Gasteiger partial charge in [0.2, 0.25) is 11.7 Å². The van der Waals surface area contributed by atoms with Gasteiger partial charge in [0.1, 0.15) is 11.4 Å². The highest BCUT2D eigenvalue weighted by atomic mass is 32.1. The minimum atomic E-state index is -0.301. The first-order valence-corrected chi connectivity index (χ1v) is 11.5. The number of aromatic nitrogens is 4. The standard InChI is InChI=1S/C25H21N5O3S/c1-14-8-10-17(11-9-14)22-28-23(33-29-22)21-16(3)20-24(34-21)26-13-30(25(20)32)12-19(31)27-18-7-5-4-6-15(18)2/h4-11,13H,12H2,1-3H3,(H,27,31). The molecule has 0 radical (unpaired) electrons. The highest BCUT2D eigenvalue weighted by Gasteiger charge is 2.21. The van der Waals surface area contributed by atoms with Gasteiger partial charge in [-0.05, 0) is 38.0 Å². The zero-order chi connectivity index (χ0) is 23.8. The van der Waals surface area contributed by atoms with Gasteiger partial charge in [0.25, 0.3) is 11.4 Å². The van der Waals surface area contributed by atoms with Crippen LogP contribution in [-0.2, 0) is 11.3 Å². The molecule has 0 unspecified atom stereocenters. The Kier molecular flexibility index (Phi) is 5.54. The maximum absolute atomic E-state index is 13.2. The van der Waals surface area contributed by atoms with Crippen LogP contribution in [0, 0.1) is 20.8 Å². The van der Waals surface area contributed by atoms with Crippen molar-refractivity contribution in [1.29, 1.82) is 0 Å². The molecule has 0 fully saturated rings. The van der Waals surface area contributed by atoms with Crippen LogP contribution in [0.5, 0.6) is 0 Å². The third-order valence-electron chi connectivity index (χ3n) is 5.58. The van der Waals surface area contributed by atoms with Gasteiger partial charge in [0, 0.05) is 11.3 Å². The van der Waals surface area contributed by atoms with Gasteiger partial charge >= 0.3 is 0 Å². The van der Waals surface area contributed by atoms with Gasteiger partial charge in [-0.25, -0.2) is 4.98 Å². The Morgan fingerprint density at radius 3 is 2.62 bits per heavy atom. The number of carbonyl (C=O) groups excluding carboxylic acids is 1. The molecule has 0 bridgehead atoms. The van der Waals surface area contributed by atoms with Crippen molar-refractivity contribution in [3.63, 3.8) is 0 Å². The molecule has 0 saturated heterocycles. The molecule has 5 rings (SSSR count). The summed E-state index contributed by atoms with van der Waals surface area (Å²) in [6, 6.07) is 15.3. The molecule has 0 aliphatic carbocycles. The van der Waals surface area contributed by atoms with Gasteiger partial charge in [-0.1, -0.05) is 53.2 Å². The maximum atomic E-state index is 13.2. The molecule has 9 heteroatoms. The lowest BCUT2D eigenvalue weighted by atomic mass is 10.1. The molecule has 0 saturated carbocycles. The number of hydrogen-bond donors (Lipinski definition) is 1. The van der Waals surface area contributed by atoms with E-state index in [9.17, 15) is 9.59 Å². The fourth-order valence-corrected chi connectivity index (χ4v) is 4.73. The number of fused-ring (bicyclic) bond motifs is 1. The van der Waals surface area contributed by atoms with Crippen molar-refractivity contribution in [3.8, 4) is 22.2 Å². The molecular formula is C25H21N5O3S. The summed E-state index contributed by atoms with van der Waals surface area (Å²) in [6.45, 7) is 5.61. The summed E-state index contributed by atoms with van der Waals surface area (Å²) >= 11 is 1.31. The zero-order valence-corrected chi connectivity index (χ0v) is 19.6. The third kappa shape index (κ3) is 4.01. The Balaban J connectivity index is 1.44. The minimum Gasteiger partial charge on any atom is -0.333 e. The van der Waals surface area contributed by atoms with Crippen LogP contribution >= 0.6 is 11.3 Å². The van der Waals surface area contributed by atoms with E-state index in [4.69, 9.17) is 4.52 Å². The first-order chi connectivity index (χ1) is 16.4. The van der Waals surface area contributed by atoms with Crippen molar-refractivity contribution < 1.29 is 9.32 Å². The van der Waals surface area contributed by atoms with Crippen LogP contribution in [0.4, 0.5) is 5.69 Å². The van der Waals surface area contributed by atoms with Gasteiger partial charge in [0.05, 0.1) is 16.6 Å². The molecule has 5 aromatic rings. The highest BCUT2D eigenvalue weighted by Crippen LogP contribution is 2.35. The number of anilines is 1. The van der Waals surface area contributed by atoms with Gasteiger partial charge < -0.3 is 9.84 Å². The van der Waals surface area contributed by atoms with E-state index in [1.165, 1.54) is 22.2 Å². The number of thiophene rings is 1. The average Bonchev–Trinajstić information content (AvgIpc) is 3.43. The topological polar surface area (TPSA) is 103 Å². The first-order valence-electron chi connectivity index (χ1n) is 10.7. The molecule has 1 N–H and O–H groups in total. The van der Waals surface area contributed by atoms with E-state index in [1.807, 2.05) is 69.3 Å². The molecule has 0 aliphatic rings. The van der Waals surface area contributed by atoms with Crippen molar-refractivity contribution in [3.05, 3.63) is 81.9 Å². The molecule has 3 aromatic heterocycles. The van der Waals surface area contributed by atoms with E-state index in [0.29, 0.717) is 38.1 Å². The van der Waals surface area contributed by atoms with Crippen molar-refractivity contribution in [1.82, 2.24) is 19.7 Å². The fraction of sp³-hybridized carbons (Fsp3) is 0.160. The van der Waals surface area contributed by atoms with Crippen molar-refractivity contribution in [2.75, 3.05) is 5.32 Å². The molecule has 1 amide bonds. The molecule has 0 atom stereocenters. The molecule has 3 heterocycles. The van der Waals surface area contributed by atoms with Crippen LogP contribution in [0.15, 0.2) is 64.2 Å². The van der Waals surface area contributed by atoms with E-state index in [1.54, 1.807) is 0 Å². The Hall–Kier alpha value is -4.11. The number of amides is 1. The van der Waals surface area contributed by atoms with Crippen molar-refractivity contribution in [2.45, 2.75) is 27.3 Å². The Morgan fingerprint density at radius 1 is 1.09 bits per heavy atom. The van der Waals surface area contributed by atoms with E-state index in [2.05, 4.69) is 20.4 Å². The Morgan fingerprint density at radius 2 is 1.85 bits per heavy atom. The fourth-order valence-electron chi connectivity index (χ4n) is 3.67. The lowest BCUT2D eigenvalue weighted by molar-refractivity contribution is -0.116. The number of rotatable bonds is 5. The molecule has 2 aromatic carbocycles. The van der Waals surface area contributed by atoms with Gasteiger partial charge in [-0.3, -0.25) is 14.2 Å². The molecule has 0 spiro atoms. The van der Waals surface area contributed by atoms with Crippen LogP contribution in [0.25, 0.3) is 32.4 Å². The quantitative estimate of drug-likeness (QED) is 0.397. The van der Waals surface area contributed by atoms with E-state index in [-0.39, 0.29) is 18.0 Å². The number of carbonyl (C=O) groups is 1. The number of benzene rings is 2. The molecule has 170 valence electrons. The molecular weight excluding hydrogens is 450 g/mol. The number of nitrogens with zero attached hydrogens (tertiary/aromatic N) is 4. The van der Waals surface area contributed by atoms with Gasteiger partial charge in [0.15, 0.2) is 0 Å². The smallest absolute Gasteiger partial charge is 0.268 e. The summed E-state index contributed by atoms with van der Waals surface area (Å²) in [5, 5.41) is 7.38. The van der Waals surface area contributed by atoms with Gasteiger partial charge in [-0.15, -0.1) is 11.3 Å². The molecule has 0 aliphatic heterocycles. The van der Waals surface area contributed by atoms with Crippen LogP contribution in [-0.4, -0.2) is 25.6 Å². The zero-order valence-electron chi connectivity index (χ0n) is 18.8. The van der Waals surface area contributed by atoms with Crippen molar-refractivity contribution in [2.24, 2.45) is 0 Å². The van der Waals surface area contributed by atoms with Crippen LogP contribution < -0.4 is 10.9 Å². The van der Waals surface area contributed by atoms with Crippen LogP contribution in [0.3, 0.4) is 0 Å². The van der Waals surface area contributed by atoms with E-state index in [0.717, 1.165) is 16.7 Å². The van der Waals surface area contributed by atoms with Crippen LogP contribution in [0.1, 0.15) is 16.7 Å². The largest absolute Gasteiger partial charge is 0.333 e. The molecule has 34 heavy (non-hydrogen) atoms. The second-order valence-corrected chi connectivity index (χ2v) is 9.07. The Bertz CT molecular complexity index is 1580. The summed E-state index contributed by atoms with van der Waals surface area (Å²) in [5.74, 6) is 0.509. The SMILES string of the molecule is Cc1ccc(-c2noc(-c3sc4ncn(CC(=O)Nc5ccccc5C)c(=O)c4c3C)n2)cc1. The second-order valence-electron chi connectivity index (χ2n) is 8.07. The normalized spacial score (nSPS) is 11.1. The summed E-state index contributed by atoms with van der Waals surface area (Å²) < 4.78 is 6.82. The van der Waals surface area contributed by atoms with Crippen molar-refractivity contribution >= 4 is 33.1 Å². The number of nitrogens with one attached hydrogen (secondary N) is 1. The lowest BCUT2D eigenvalue weighted by Crippen LogP contribution is -2.28. The maximum Gasteiger partial charge on any atom is 0.268 e. The third-order valence-corrected chi connectivity index (χ3v) is 6.77. The second kappa shape index (κ2) is 8.68. The van der Waals surface area contributed by atoms with E-state index < -0.39 is 0 Å². The monoisotopic (exact) mass is 471 g/mol. The lowest BCUT2D eigenvalue weighted by Gasteiger charge is -2.09. The summed E-state index contributed by atoms with van der Waals surface area (Å²) in [7, 11) is 0. The number of hydrogen-bond acceptors (Lipinski definition) is 7. The average molecular weight is 472 g/mol. The minimum absolute atomic E-state index is 0.140. The predicted molar refractivity (Wildman–Crippen MR) is 132 cm³/mol. The number of aryl methyl sites for hydroxylation is 3. The van der Waals surface area contributed by atoms with Crippen LogP contribution in [0.2, 0.25) is 0 Å². The van der Waals surface area contributed by atoms with E-state index >= 15 is 0 Å². The first kappa shape index (κ1) is 21.7. The highest BCUT2D eigenvalue weighted by molar-refractivity contribution is 7.22. The predicted octanol–water partition coefficient (Wildman–Crippen LogP) is 4.74. The summed E-state index contributed by atoms with van der Waals surface area (Å²) in [5.41, 5.74) is 4.06. The van der Waals surface area contributed by atoms with Gasteiger partial charge in [-0.2, -0.15) is 4.98 Å². The summed E-state index contributed by atoms with van der Waals surface area (Å²) in [4.78, 5) is 35.9. The molecule has 8 nitrogen and oxygen atoms in total. The Labute approximate surface area is 198 Å².